The Morgan fingerprint density at radius 1 is 1.47 bits per heavy atom. The van der Waals surface area contributed by atoms with E-state index in [4.69, 9.17) is 0 Å². The predicted molar refractivity (Wildman–Crippen MR) is 75.8 cm³/mol. The fourth-order valence-corrected chi connectivity index (χ4v) is 2.01. The minimum absolute atomic E-state index is 0.185. The molecule has 1 N–H and O–H groups in total. The molecule has 0 amide bonds. The number of halogens is 1. The van der Waals surface area contributed by atoms with Gasteiger partial charge < -0.3 is 9.88 Å². The van der Waals surface area contributed by atoms with Gasteiger partial charge >= 0.3 is 0 Å². The molecule has 2 rings (SSSR count). The van der Waals surface area contributed by atoms with Gasteiger partial charge in [-0.05, 0) is 36.6 Å². The molecule has 0 radical (unpaired) electrons. The van der Waals surface area contributed by atoms with Crippen LogP contribution in [0.4, 0.5) is 10.3 Å². The monoisotopic (exact) mass is 259 g/mol. The van der Waals surface area contributed by atoms with E-state index in [2.05, 4.69) is 16.9 Å². The topological polar surface area (TPSA) is 29.9 Å². The highest BCUT2D eigenvalue weighted by atomic mass is 19.1. The summed E-state index contributed by atoms with van der Waals surface area (Å²) in [7, 11) is 0. The van der Waals surface area contributed by atoms with Crippen LogP contribution in [0.3, 0.4) is 0 Å². The maximum atomic E-state index is 13.0. The van der Waals surface area contributed by atoms with Crippen LogP contribution in [0.25, 0.3) is 0 Å². The lowest BCUT2D eigenvalue weighted by Crippen LogP contribution is -2.10. The Morgan fingerprint density at radius 2 is 2.32 bits per heavy atom. The summed E-state index contributed by atoms with van der Waals surface area (Å²) in [5, 5.41) is 3.28. The summed E-state index contributed by atoms with van der Waals surface area (Å²) in [5.41, 5.74) is 2.13. The van der Waals surface area contributed by atoms with Crippen LogP contribution in [0.5, 0.6) is 0 Å². The van der Waals surface area contributed by atoms with Crippen molar-refractivity contribution in [1.82, 2.24) is 9.55 Å². The molecule has 0 aliphatic rings. The number of rotatable bonds is 6. The van der Waals surface area contributed by atoms with Crippen LogP contribution < -0.4 is 5.32 Å². The van der Waals surface area contributed by atoms with Gasteiger partial charge in [0.05, 0.1) is 0 Å². The summed E-state index contributed by atoms with van der Waals surface area (Å²) >= 11 is 0. The third-order valence-electron chi connectivity index (χ3n) is 3.02. The van der Waals surface area contributed by atoms with E-state index < -0.39 is 0 Å². The smallest absolute Gasteiger partial charge is 0.203 e. The molecule has 0 unspecified atom stereocenters. The van der Waals surface area contributed by atoms with Gasteiger partial charge in [0.2, 0.25) is 5.95 Å². The Morgan fingerprint density at radius 3 is 3.05 bits per heavy atom. The average molecular weight is 259 g/mol. The number of hydrogen-bond donors (Lipinski definition) is 1. The lowest BCUT2D eigenvalue weighted by molar-refractivity contribution is 0.625. The SMILES string of the molecule is C=CCn1ccnc1NCCc1ccc(F)cc1C. The number of benzene rings is 1. The van der Waals surface area contributed by atoms with Gasteiger partial charge in [-0.2, -0.15) is 0 Å². The number of allylic oxidation sites excluding steroid dienone is 1. The van der Waals surface area contributed by atoms with Crippen LogP contribution >= 0.6 is 0 Å². The number of nitrogens with one attached hydrogen (secondary N) is 1. The lowest BCUT2D eigenvalue weighted by Gasteiger charge is -2.09. The molecule has 1 aromatic heterocycles. The van der Waals surface area contributed by atoms with E-state index in [9.17, 15) is 4.39 Å². The summed E-state index contributed by atoms with van der Waals surface area (Å²) < 4.78 is 15.0. The van der Waals surface area contributed by atoms with Crippen LogP contribution in [0.15, 0.2) is 43.2 Å². The van der Waals surface area contributed by atoms with Crippen molar-refractivity contribution < 1.29 is 4.39 Å². The van der Waals surface area contributed by atoms with Gasteiger partial charge in [-0.1, -0.05) is 12.1 Å². The van der Waals surface area contributed by atoms with E-state index >= 15 is 0 Å². The first-order valence-corrected chi connectivity index (χ1v) is 6.31. The molecule has 0 atom stereocenters. The fourth-order valence-electron chi connectivity index (χ4n) is 2.01. The second kappa shape index (κ2) is 6.18. The van der Waals surface area contributed by atoms with Gasteiger partial charge in [0, 0.05) is 25.5 Å². The van der Waals surface area contributed by atoms with Crippen molar-refractivity contribution in [2.45, 2.75) is 19.9 Å². The Hall–Kier alpha value is -2.10. The summed E-state index contributed by atoms with van der Waals surface area (Å²) in [6, 6.07) is 4.90. The van der Waals surface area contributed by atoms with Crippen molar-refractivity contribution in [2.75, 3.05) is 11.9 Å². The Kier molecular flexibility index (Phi) is 4.34. The van der Waals surface area contributed by atoms with E-state index in [1.807, 2.05) is 29.8 Å². The minimum Gasteiger partial charge on any atom is -0.355 e. The number of aryl methyl sites for hydroxylation is 1. The maximum Gasteiger partial charge on any atom is 0.203 e. The molecule has 100 valence electrons. The average Bonchev–Trinajstić information content (AvgIpc) is 2.80. The molecule has 1 aromatic carbocycles. The first kappa shape index (κ1) is 13.3. The molecule has 19 heavy (non-hydrogen) atoms. The number of aromatic nitrogens is 2. The van der Waals surface area contributed by atoms with Crippen molar-refractivity contribution in [2.24, 2.45) is 0 Å². The fraction of sp³-hybridized carbons (Fsp3) is 0.267. The van der Waals surface area contributed by atoms with Gasteiger partial charge in [0.1, 0.15) is 5.82 Å². The highest BCUT2D eigenvalue weighted by Crippen LogP contribution is 2.11. The van der Waals surface area contributed by atoms with Crippen molar-refractivity contribution in [1.29, 1.82) is 0 Å². The van der Waals surface area contributed by atoms with Crippen LogP contribution in [0.1, 0.15) is 11.1 Å². The van der Waals surface area contributed by atoms with Crippen molar-refractivity contribution in [3.05, 3.63) is 60.2 Å². The van der Waals surface area contributed by atoms with Crippen molar-refractivity contribution in [3.63, 3.8) is 0 Å². The van der Waals surface area contributed by atoms with Crippen molar-refractivity contribution >= 4 is 5.95 Å². The Bertz CT molecular complexity index is 560. The molecule has 2 aromatic rings. The normalized spacial score (nSPS) is 10.4. The zero-order valence-electron chi connectivity index (χ0n) is 11.1. The van der Waals surface area contributed by atoms with Crippen LogP contribution in [0, 0.1) is 12.7 Å². The van der Waals surface area contributed by atoms with E-state index in [1.165, 1.54) is 6.07 Å². The van der Waals surface area contributed by atoms with E-state index in [1.54, 1.807) is 12.3 Å². The molecular formula is C15H18FN3. The highest BCUT2D eigenvalue weighted by Gasteiger charge is 2.02. The van der Waals surface area contributed by atoms with Crippen LogP contribution in [-0.4, -0.2) is 16.1 Å². The van der Waals surface area contributed by atoms with E-state index in [0.717, 1.165) is 36.6 Å². The maximum absolute atomic E-state index is 13.0. The standard InChI is InChI=1S/C15H18FN3/c1-3-9-19-10-8-18-15(19)17-7-6-13-4-5-14(16)11-12(13)2/h3-5,8,10-11H,1,6-7,9H2,2H3,(H,17,18). The lowest BCUT2D eigenvalue weighted by atomic mass is 10.1. The minimum atomic E-state index is -0.185. The second-order valence-electron chi connectivity index (χ2n) is 4.44. The molecule has 1 heterocycles. The third-order valence-corrected chi connectivity index (χ3v) is 3.02. The number of anilines is 1. The first-order chi connectivity index (χ1) is 9.20. The molecule has 0 spiro atoms. The van der Waals surface area contributed by atoms with Gasteiger partial charge in [0.15, 0.2) is 0 Å². The summed E-state index contributed by atoms with van der Waals surface area (Å²) in [6.45, 7) is 7.14. The summed E-state index contributed by atoms with van der Waals surface area (Å²) in [4.78, 5) is 4.25. The first-order valence-electron chi connectivity index (χ1n) is 6.31. The van der Waals surface area contributed by atoms with E-state index in [0.29, 0.717) is 0 Å². The summed E-state index contributed by atoms with van der Waals surface area (Å²) in [5.74, 6) is 0.649. The largest absolute Gasteiger partial charge is 0.355 e. The molecule has 4 heteroatoms. The molecule has 0 saturated carbocycles. The zero-order chi connectivity index (χ0) is 13.7. The third kappa shape index (κ3) is 3.44. The predicted octanol–water partition coefficient (Wildman–Crippen LogP) is 3.17. The second-order valence-corrected chi connectivity index (χ2v) is 4.44. The van der Waals surface area contributed by atoms with Gasteiger partial charge in [-0.3, -0.25) is 0 Å². The molecule has 0 bridgehead atoms. The molecular weight excluding hydrogens is 241 g/mol. The molecule has 0 aliphatic carbocycles. The number of hydrogen-bond acceptors (Lipinski definition) is 2. The Balaban J connectivity index is 1.92. The highest BCUT2D eigenvalue weighted by molar-refractivity contribution is 5.30. The molecule has 3 nitrogen and oxygen atoms in total. The zero-order valence-corrected chi connectivity index (χ0v) is 11.1. The van der Waals surface area contributed by atoms with Crippen LogP contribution in [0.2, 0.25) is 0 Å². The number of nitrogens with zero attached hydrogens (tertiary/aromatic N) is 2. The number of imidazole rings is 1. The van der Waals surface area contributed by atoms with Gasteiger partial charge in [-0.25, -0.2) is 9.37 Å². The Labute approximate surface area is 112 Å². The van der Waals surface area contributed by atoms with Gasteiger partial charge in [0.25, 0.3) is 0 Å². The molecule has 0 saturated heterocycles. The summed E-state index contributed by atoms with van der Waals surface area (Å²) in [6.07, 6.45) is 6.34. The van der Waals surface area contributed by atoms with E-state index in [-0.39, 0.29) is 5.82 Å². The molecule has 0 aliphatic heterocycles. The molecule has 0 fully saturated rings. The van der Waals surface area contributed by atoms with Crippen LogP contribution in [-0.2, 0) is 13.0 Å². The quantitative estimate of drug-likeness (QED) is 0.807. The van der Waals surface area contributed by atoms with Gasteiger partial charge in [-0.15, -0.1) is 6.58 Å². The van der Waals surface area contributed by atoms with Crippen molar-refractivity contribution in [3.8, 4) is 0 Å².